The van der Waals surface area contributed by atoms with Crippen LogP contribution in [0.25, 0.3) is 22.3 Å². The molecular formula is C15H16N4O2S. The Bertz CT molecular complexity index is 947. The van der Waals surface area contributed by atoms with Crippen LogP contribution in [-0.4, -0.2) is 29.9 Å². The van der Waals surface area contributed by atoms with Gasteiger partial charge in [-0.05, 0) is 49.2 Å². The Kier molecular flexibility index (Phi) is 3.37. The van der Waals surface area contributed by atoms with Crippen molar-refractivity contribution in [2.24, 2.45) is 0 Å². The van der Waals surface area contributed by atoms with Crippen molar-refractivity contribution in [3.63, 3.8) is 0 Å². The number of hydrogen-bond acceptors (Lipinski definition) is 4. The van der Waals surface area contributed by atoms with Crippen molar-refractivity contribution < 1.29 is 8.42 Å². The minimum absolute atomic E-state index is 0.548. The molecular weight excluding hydrogens is 300 g/mol. The van der Waals surface area contributed by atoms with Crippen LogP contribution in [0.4, 0.5) is 5.69 Å². The molecule has 0 aliphatic carbocycles. The highest BCUT2D eigenvalue weighted by Crippen LogP contribution is 2.28. The highest BCUT2D eigenvalue weighted by Gasteiger charge is 2.11. The van der Waals surface area contributed by atoms with E-state index in [2.05, 4.69) is 19.9 Å². The van der Waals surface area contributed by atoms with Crippen LogP contribution in [0.5, 0.6) is 0 Å². The molecule has 0 spiro atoms. The van der Waals surface area contributed by atoms with Gasteiger partial charge in [0.15, 0.2) is 0 Å². The van der Waals surface area contributed by atoms with Gasteiger partial charge in [0.1, 0.15) is 0 Å². The summed E-state index contributed by atoms with van der Waals surface area (Å²) in [4.78, 5) is 4.67. The normalized spacial score (nSPS) is 11.8. The molecule has 3 aromatic rings. The number of fused-ring (bicyclic) bond motifs is 1. The lowest BCUT2D eigenvalue weighted by atomic mass is 10.0. The molecule has 2 N–H and O–H groups in total. The Morgan fingerprint density at radius 2 is 1.91 bits per heavy atom. The summed E-state index contributed by atoms with van der Waals surface area (Å²) >= 11 is 0. The molecule has 0 saturated carbocycles. The van der Waals surface area contributed by atoms with Crippen LogP contribution < -0.4 is 4.72 Å². The number of benzene rings is 1. The molecule has 22 heavy (non-hydrogen) atoms. The Morgan fingerprint density at radius 3 is 2.55 bits per heavy atom. The van der Waals surface area contributed by atoms with Crippen LogP contribution in [0.2, 0.25) is 0 Å². The molecule has 6 nitrogen and oxygen atoms in total. The Morgan fingerprint density at radius 1 is 1.14 bits per heavy atom. The van der Waals surface area contributed by atoms with Crippen LogP contribution in [0, 0.1) is 13.8 Å². The second kappa shape index (κ2) is 5.10. The molecule has 0 fully saturated rings. The standard InChI is InChI=1S/C15H16N4O2S/c1-9-7-14(13-4-5-16-18-13)17-15-10(2)6-11(8-12(9)15)19-22(3,20)21/h4-8,19H,1-3H3,(H,16,18). The van der Waals surface area contributed by atoms with Crippen molar-refractivity contribution in [1.29, 1.82) is 0 Å². The van der Waals surface area contributed by atoms with E-state index in [0.29, 0.717) is 5.69 Å². The predicted molar refractivity (Wildman–Crippen MR) is 87.3 cm³/mol. The third kappa shape index (κ3) is 2.80. The summed E-state index contributed by atoms with van der Waals surface area (Å²) in [6, 6.07) is 7.41. The van der Waals surface area contributed by atoms with Gasteiger partial charge in [0, 0.05) is 17.3 Å². The van der Waals surface area contributed by atoms with E-state index in [4.69, 9.17) is 0 Å². The number of rotatable bonds is 3. The molecule has 0 aliphatic rings. The zero-order chi connectivity index (χ0) is 15.9. The van der Waals surface area contributed by atoms with Crippen molar-refractivity contribution in [3.8, 4) is 11.4 Å². The molecule has 0 bridgehead atoms. The lowest BCUT2D eigenvalue weighted by Gasteiger charge is -2.11. The monoisotopic (exact) mass is 316 g/mol. The topological polar surface area (TPSA) is 87.7 Å². The van der Waals surface area contributed by atoms with E-state index in [1.165, 1.54) is 0 Å². The minimum atomic E-state index is -3.30. The highest BCUT2D eigenvalue weighted by molar-refractivity contribution is 7.92. The molecule has 0 radical (unpaired) electrons. The van der Waals surface area contributed by atoms with E-state index in [1.807, 2.05) is 32.0 Å². The van der Waals surface area contributed by atoms with Gasteiger partial charge in [-0.3, -0.25) is 9.82 Å². The van der Waals surface area contributed by atoms with Gasteiger partial charge in [0.05, 0.1) is 23.2 Å². The van der Waals surface area contributed by atoms with E-state index < -0.39 is 10.0 Å². The van der Waals surface area contributed by atoms with Gasteiger partial charge < -0.3 is 0 Å². The van der Waals surface area contributed by atoms with Crippen LogP contribution in [0.3, 0.4) is 0 Å². The Balaban J connectivity index is 2.20. The number of nitrogens with zero attached hydrogens (tertiary/aromatic N) is 2. The number of nitrogens with one attached hydrogen (secondary N) is 2. The van der Waals surface area contributed by atoms with Crippen molar-refractivity contribution in [3.05, 3.63) is 41.6 Å². The number of pyridine rings is 1. The molecule has 0 amide bonds. The summed E-state index contributed by atoms with van der Waals surface area (Å²) in [5.74, 6) is 0. The van der Waals surface area contributed by atoms with E-state index in [-0.39, 0.29) is 0 Å². The molecule has 1 aromatic carbocycles. The number of hydrogen-bond donors (Lipinski definition) is 2. The van der Waals surface area contributed by atoms with Crippen molar-refractivity contribution in [1.82, 2.24) is 15.2 Å². The summed E-state index contributed by atoms with van der Waals surface area (Å²) in [6.07, 6.45) is 2.82. The lowest BCUT2D eigenvalue weighted by Crippen LogP contribution is -2.09. The number of aryl methyl sites for hydroxylation is 2. The maximum atomic E-state index is 11.4. The SMILES string of the molecule is Cc1cc(-c2ccn[nH]2)nc2c(C)cc(NS(C)(=O)=O)cc12. The molecule has 2 heterocycles. The third-order valence-electron chi connectivity index (χ3n) is 3.39. The van der Waals surface area contributed by atoms with Crippen LogP contribution >= 0.6 is 0 Å². The number of H-pyrrole nitrogens is 1. The fourth-order valence-corrected chi connectivity index (χ4v) is 3.02. The highest BCUT2D eigenvalue weighted by atomic mass is 32.2. The summed E-state index contributed by atoms with van der Waals surface area (Å²) in [5, 5.41) is 7.77. The molecule has 2 aromatic heterocycles. The Labute approximate surface area is 128 Å². The van der Waals surface area contributed by atoms with E-state index in [9.17, 15) is 8.42 Å². The average molecular weight is 316 g/mol. The van der Waals surface area contributed by atoms with E-state index in [0.717, 1.165) is 39.7 Å². The number of anilines is 1. The van der Waals surface area contributed by atoms with E-state index in [1.54, 1.807) is 12.3 Å². The first kappa shape index (κ1) is 14.5. The number of sulfonamides is 1. The first-order valence-corrected chi connectivity index (χ1v) is 8.62. The van der Waals surface area contributed by atoms with Crippen LogP contribution in [0.1, 0.15) is 11.1 Å². The molecule has 0 unspecified atom stereocenters. The fraction of sp³-hybridized carbons (Fsp3) is 0.200. The summed E-state index contributed by atoms with van der Waals surface area (Å²) < 4.78 is 25.3. The molecule has 0 saturated heterocycles. The predicted octanol–water partition coefficient (Wildman–Crippen LogP) is 2.61. The van der Waals surface area contributed by atoms with Gasteiger partial charge in [-0.2, -0.15) is 5.10 Å². The van der Waals surface area contributed by atoms with Crippen molar-refractivity contribution >= 4 is 26.6 Å². The maximum absolute atomic E-state index is 11.4. The average Bonchev–Trinajstić information content (AvgIpc) is 2.91. The van der Waals surface area contributed by atoms with Gasteiger partial charge >= 0.3 is 0 Å². The largest absolute Gasteiger partial charge is 0.284 e. The van der Waals surface area contributed by atoms with Gasteiger partial charge in [-0.15, -0.1) is 0 Å². The van der Waals surface area contributed by atoms with Gasteiger partial charge in [-0.1, -0.05) is 0 Å². The second-order valence-electron chi connectivity index (χ2n) is 5.36. The van der Waals surface area contributed by atoms with Crippen molar-refractivity contribution in [2.75, 3.05) is 11.0 Å². The molecule has 0 atom stereocenters. The number of aromatic nitrogens is 3. The summed E-state index contributed by atoms with van der Waals surface area (Å²) in [6.45, 7) is 3.90. The quantitative estimate of drug-likeness (QED) is 0.777. The molecule has 114 valence electrons. The number of aromatic amines is 1. The molecule has 7 heteroatoms. The minimum Gasteiger partial charge on any atom is -0.284 e. The van der Waals surface area contributed by atoms with Gasteiger partial charge in [0.25, 0.3) is 0 Å². The fourth-order valence-electron chi connectivity index (χ4n) is 2.47. The third-order valence-corrected chi connectivity index (χ3v) is 4.00. The second-order valence-corrected chi connectivity index (χ2v) is 7.11. The van der Waals surface area contributed by atoms with Gasteiger partial charge in [0.2, 0.25) is 10.0 Å². The molecule has 3 rings (SSSR count). The first-order valence-electron chi connectivity index (χ1n) is 6.73. The zero-order valence-corrected chi connectivity index (χ0v) is 13.3. The van der Waals surface area contributed by atoms with E-state index >= 15 is 0 Å². The Hall–Kier alpha value is -2.41. The van der Waals surface area contributed by atoms with Crippen LogP contribution in [-0.2, 0) is 10.0 Å². The lowest BCUT2D eigenvalue weighted by molar-refractivity contribution is 0.607. The summed E-state index contributed by atoms with van der Waals surface area (Å²) in [5.41, 5.74) is 5.00. The molecule has 0 aliphatic heterocycles. The summed E-state index contributed by atoms with van der Waals surface area (Å²) in [7, 11) is -3.30. The zero-order valence-electron chi connectivity index (χ0n) is 12.5. The smallest absolute Gasteiger partial charge is 0.229 e. The van der Waals surface area contributed by atoms with Crippen LogP contribution in [0.15, 0.2) is 30.5 Å². The first-order chi connectivity index (χ1) is 10.3. The van der Waals surface area contributed by atoms with Gasteiger partial charge in [-0.25, -0.2) is 13.4 Å². The van der Waals surface area contributed by atoms with Crippen molar-refractivity contribution in [2.45, 2.75) is 13.8 Å². The maximum Gasteiger partial charge on any atom is 0.229 e.